The van der Waals surface area contributed by atoms with Gasteiger partial charge in [0.2, 0.25) is 0 Å². The van der Waals surface area contributed by atoms with Gasteiger partial charge in [0, 0.05) is 10.6 Å². The smallest absolute Gasteiger partial charge is 0.0133 e. The van der Waals surface area contributed by atoms with Crippen molar-refractivity contribution in [2.75, 3.05) is 12.3 Å². The number of fused-ring (bicyclic) bond motifs is 1. The van der Waals surface area contributed by atoms with Crippen LogP contribution in [0.1, 0.15) is 11.1 Å². The van der Waals surface area contributed by atoms with Gasteiger partial charge in [-0.2, -0.15) is 0 Å². The Labute approximate surface area is 83.7 Å². The number of aryl methyl sites for hydroxylation is 1. The molecule has 1 aromatic rings. The Kier molecular flexibility index (Phi) is 2.61. The summed E-state index contributed by atoms with van der Waals surface area (Å²) >= 11 is 1.97. The summed E-state index contributed by atoms with van der Waals surface area (Å²) in [6.07, 6.45) is 1.17. The number of nitrogens with two attached hydrogens (primary N) is 1. The monoisotopic (exact) mass is 193 g/mol. The Bertz CT molecular complexity index is 309. The van der Waals surface area contributed by atoms with E-state index in [9.17, 15) is 0 Å². The molecule has 0 radical (unpaired) electrons. The average molecular weight is 193 g/mol. The Morgan fingerprint density at radius 2 is 2.38 bits per heavy atom. The van der Waals surface area contributed by atoms with Crippen LogP contribution in [0.5, 0.6) is 0 Å². The highest BCUT2D eigenvalue weighted by Gasteiger charge is 2.18. The molecule has 1 heterocycles. The minimum Gasteiger partial charge on any atom is -0.330 e. The van der Waals surface area contributed by atoms with Gasteiger partial charge >= 0.3 is 0 Å². The van der Waals surface area contributed by atoms with Crippen molar-refractivity contribution in [3.8, 4) is 0 Å². The zero-order valence-electron chi connectivity index (χ0n) is 7.92. The third-order valence-electron chi connectivity index (χ3n) is 2.60. The number of hydrogen-bond acceptors (Lipinski definition) is 2. The molecule has 0 fully saturated rings. The van der Waals surface area contributed by atoms with E-state index < -0.39 is 0 Å². The van der Waals surface area contributed by atoms with E-state index in [2.05, 4.69) is 25.1 Å². The molecule has 13 heavy (non-hydrogen) atoms. The Morgan fingerprint density at radius 3 is 3.15 bits per heavy atom. The fourth-order valence-corrected chi connectivity index (χ4v) is 3.09. The first kappa shape index (κ1) is 9.10. The van der Waals surface area contributed by atoms with Gasteiger partial charge in [-0.15, -0.1) is 11.8 Å². The first-order valence-electron chi connectivity index (χ1n) is 4.72. The molecule has 0 aliphatic carbocycles. The zero-order valence-corrected chi connectivity index (χ0v) is 8.73. The van der Waals surface area contributed by atoms with Crippen molar-refractivity contribution in [1.29, 1.82) is 0 Å². The second-order valence-corrected chi connectivity index (χ2v) is 4.71. The van der Waals surface area contributed by atoms with Crippen LogP contribution in [0, 0.1) is 12.8 Å². The lowest BCUT2D eigenvalue weighted by Gasteiger charge is -2.23. The second-order valence-electron chi connectivity index (χ2n) is 3.68. The molecule has 0 spiro atoms. The maximum Gasteiger partial charge on any atom is 0.0133 e. The summed E-state index contributed by atoms with van der Waals surface area (Å²) in [5.41, 5.74) is 8.59. The number of thioether (sulfide) groups is 1. The molecule has 0 bridgehead atoms. The lowest BCUT2D eigenvalue weighted by atomic mass is 9.99. The molecule has 2 heteroatoms. The van der Waals surface area contributed by atoms with Crippen molar-refractivity contribution in [3.05, 3.63) is 29.3 Å². The van der Waals surface area contributed by atoms with Crippen LogP contribution >= 0.6 is 11.8 Å². The van der Waals surface area contributed by atoms with E-state index in [1.807, 2.05) is 11.8 Å². The summed E-state index contributed by atoms with van der Waals surface area (Å²) in [4.78, 5) is 1.49. The van der Waals surface area contributed by atoms with Gasteiger partial charge in [0.05, 0.1) is 0 Å². The van der Waals surface area contributed by atoms with Crippen molar-refractivity contribution in [2.24, 2.45) is 11.7 Å². The molecule has 1 aliphatic rings. The normalized spacial score (nSPS) is 21.2. The van der Waals surface area contributed by atoms with Crippen molar-refractivity contribution in [2.45, 2.75) is 18.2 Å². The highest BCUT2D eigenvalue weighted by atomic mass is 32.2. The topological polar surface area (TPSA) is 26.0 Å². The molecule has 70 valence electrons. The SMILES string of the molecule is Cc1cccc2c1SCC(CN)C2. The van der Waals surface area contributed by atoms with Crippen LogP contribution in [-0.2, 0) is 6.42 Å². The minimum absolute atomic E-state index is 0.680. The fourth-order valence-electron chi connectivity index (χ4n) is 1.80. The van der Waals surface area contributed by atoms with Crippen LogP contribution in [0.25, 0.3) is 0 Å². The Balaban J connectivity index is 2.31. The van der Waals surface area contributed by atoms with Gasteiger partial charge in [0.1, 0.15) is 0 Å². The first-order chi connectivity index (χ1) is 6.31. The first-order valence-corrected chi connectivity index (χ1v) is 5.71. The molecule has 0 saturated heterocycles. The molecular weight excluding hydrogens is 178 g/mol. The lowest BCUT2D eigenvalue weighted by molar-refractivity contribution is 0.588. The van der Waals surface area contributed by atoms with E-state index in [0.717, 1.165) is 6.54 Å². The maximum absolute atomic E-state index is 5.69. The molecule has 2 rings (SSSR count). The van der Waals surface area contributed by atoms with Crippen LogP contribution < -0.4 is 5.73 Å². The van der Waals surface area contributed by atoms with Gasteiger partial charge in [0.15, 0.2) is 0 Å². The van der Waals surface area contributed by atoms with Crippen LogP contribution in [0.4, 0.5) is 0 Å². The van der Waals surface area contributed by atoms with Crippen LogP contribution in [0.2, 0.25) is 0 Å². The van der Waals surface area contributed by atoms with E-state index in [0.29, 0.717) is 5.92 Å². The summed E-state index contributed by atoms with van der Waals surface area (Å²) < 4.78 is 0. The van der Waals surface area contributed by atoms with Crippen molar-refractivity contribution >= 4 is 11.8 Å². The maximum atomic E-state index is 5.69. The Hall–Kier alpha value is -0.470. The van der Waals surface area contributed by atoms with E-state index >= 15 is 0 Å². The molecule has 1 aromatic carbocycles. The summed E-state index contributed by atoms with van der Waals surface area (Å²) in [7, 11) is 0. The fraction of sp³-hybridized carbons (Fsp3) is 0.455. The Morgan fingerprint density at radius 1 is 1.54 bits per heavy atom. The van der Waals surface area contributed by atoms with E-state index in [4.69, 9.17) is 5.73 Å². The van der Waals surface area contributed by atoms with Gasteiger partial charge in [0.25, 0.3) is 0 Å². The molecule has 0 aromatic heterocycles. The second kappa shape index (κ2) is 3.72. The molecule has 2 N–H and O–H groups in total. The number of rotatable bonds is 1. The largest absolute Gasteiger partial charge is 0.330 e. The lowest BCUT2D eigenvalue weighted by Crippen LogP contribution is -2.22. The minimum atomic E-state index is 0.680. The molecule has 0 amide bonds. The van der Waals surface area contributed by atoms with E-state index in [1.54, 1.807) is 0 Å². The summed E-state index contributed by atoms with van der Waals surface area (Å²) in [5.74, 6) is 1.87. The van der Waals surface area contributed by atoms with Crippen molar-refractivity contribution in [3.63, 3.8) is 0 Å². The van der Waals surface area contributed by atoms with Gasteiger partial charge in [-0.3, -0.25) is 0 Å². The quantitative estimate of drug-likeness (QED) is 0.740. The van der Waals surface area contributed by atoms with Gasteiger partial charge < -0.3 is 5.73 Å². The van der Waals surface area contributed by atoms with Crippen molar-refractivity contribution in [1.82, 2.24) is 0 Å². The molecule has 1 atom stereocenters. The zero-order chi connectivity index (χ0) is 9.26. The third-order valence-corrected chi connectivity index (χ3v) is 4.11. The van der Waals surface area contributed by atoms with Gasteiger partial charge in [-0.1, -0.05) is 18.2 Å². The average Bonchev–Trinajstić information content (AvgIpc) is 2.18. The molecule has 1 aliphatic heterocycles. The van der Waals surface area contributed by atoms with Crippen LogP contribution in [0.15, 0.2) is 23.1 Å². The summed E-state index contributed by atoms with van der Waals surface area (Å²) in [5, 5.41) is 0. The molecule has 0 saturated carbocycles. The number of benzene rings is 1. The third kappa shape index (κ3) is 1.74. The highest BCUT2D eigenvalue weighted by molar-refractivity contribution is 7.99. The molecule has 1 nitrogen and oxygen atoms in total. The van der Waals surface area contributed by atoms with Gasteiger partial charge in [-0.25, -0.2) is 0 Å². The van der Waals surface area contributed by atoms with E-state index in [1.165, 1.54) is 28.2 Å². The molecular formula is C11H15NS. The summed E-state index contributed by atoms with van der Waals surface area (Å²) in [6, 6.07) is 6.57. The number of hydrogen-bond donors (Lipinski definition) is 1. The van der Waals surface area contributed by atoms with Crippen molar-refractivity contribution < 1.29 is 0 Å². The molecule has 1 unspecified atom stereocenters. The predicted octanol–water partition coefficient (Wildman–Crippen LogP) is 2.22. The summed E-state index contributed by atoms with van der Waals surface area (Å²) in [6.45, 7) is 3.01. The van der Waals surface area contributed by atoms with E-state index in [-0.39, 0.29) is 0 Å². The van der Waals surface area contributed by atoms with Crippen LogP contribution in [-0.4, -0.2) is 12.3 Å². The van der Waals surface area contributed by atoms with Gasteiger partial charge in [-0.05, 0) is 36.9 Å². The standard InChI is InChI=1S/C11H15NS/c1-8-3-2-4-10-5-9(6-12)7-13-11(8)10/h2-4,9H,5-7,12H2,1H3. The van der Waals surface area contributed by atoms with Crippen LogP contribution in [0.3, 0.4) is 0 Å². The predicted molar refractivity (Wildman–Crippen MR) is 58.2 cm³/mol. The highest BCUT2D eigenvalue weighted by Crippen LogP contribution is 2.34.